The fraction of sp³-hybridized carbons (Fsp3) is 0.333. The number of quaternary nitrogens is 1. The van der Waals surface area contributed by atoms with Gasteiger partial charge in [0.2, 0.25) is 0 Å². The van der Waals surface area contributed by atoms with E-state index >= 15 is 0 Å². The number of rotatable bonds is 6. The van der Waals surface area contributed by atoms with Crippen LogP contribution in [0.25, 0.3) is 16.9 Å². The highest BCUT2D eigenvalue weighted by Crippen LogP contribution is 2.25. The van der Waals surface area contributed by atoms with Crippen LogP contribution < -0.4 is 9.64 Å². The molecule has 1 aliphatic heterocycles. The highest BCUT2D eigenvalue weighted by molar-refractivity contribution is 5.88. The number of nitrogens with one attached hydrogen (secondary N) is 1. The van der Waals surface area contributed by atoms with Gasteiger partial charge in [-0.2, -0.15) is 10.2 Å². The van der Waals surface area contributed by atoms with Crippen molar-refractivity contribution in [1.29, 1.82) is 0 Å². The molecule has 1 aromatic heterocycles. The van der Waals surface area contributed by atoms with Crippen LogP contribution in [0.3, 0.4) is 0 Å². The fourth-order valence-electron chi connectivity index (χ4n) is 3.52. The zero-order valence-electron chi connectivity index (χ0n) is 18.0. The molecule has 0 spiro atoms. The molecular weight excluding hydrogens is 374 g/mol. The number of hydrazone groups is 1. The van der Waals surface area contributed by atoms with E-state index in [4.69, 9.17) is 14.9 Å². The van der Waals surface area contributed by atoms with Gasteiger partial charge in [-0.1, -0.05) is 18.2 Å². The van der Waals surface area contributed by atoms with Gasteiger partial charge in [-0.25, -0.2) is 4.68 Å². The van der Waals surface area contributed by atoms with Crippen molar-refractivity contribution in [3.8, 4) is 22.7 Å². The number of para-hydroxylation sites is 1. The van der Waals surface area contributed by atoms with Gasteiger partial charge in [-0.05, 0) is 50.2 Å². The lowest BCUT2D eigenvalue weighted by Crippen LogP contribution is -3.11. The molecule has 6 nitrogen and oxygen atoms in total. The highest BCUT2D eigenvalue weighted by Gasteiger charge is 2.16. The minimum atomic E-state index is 0.154. The van der Waals surface area contributed by atoms with Gasteiger partial charge >= 0.3 is 0 Å². The molecule has 3 aromatic rings. The summed E-state index contributed by atoms with van der Waals surface area (Å²) in [5.74, 6) is 0.867. The monoisotopic (exact) mass is 404 g/mol. The van der Waals surface area contributed by atoms with Crippen molar-refractivity contribution in [1.82, 2.24) is 14.8 Å². The van der Waals surface area contributed by atoms with Crippen LogP contribution in [-0.2, 0) is 0 Å². The lowest BCUT2D eigenvalue weighted by Gasteiger charge is -2.27. The number of hydrogen-bond donors (Lipinski definition) is 1. The summed E-state index contributed by atoms with van der Waals surface area (Å²) in [6, 6.07) is 18.3. The topological polar surface area (TPSA) is 47.1 Å². The maximum atomic E-state index is 5.78. The Morgan fingerprint density at radius 2 is 1.73 bits per heavy atom. The van der Waals surface area contributed by atoms with Crippen molar-refractivity contribution < 1.29 is 9.64 Å². The normalized spacial score (nSPS) is 15.3. The maximum Gasteiger partial charge on any atom is 0.119 e. The Kier molecular flexibility index (Phi) is 6.14. The second-order valence-electron chi connectivity index (χ2n) is 8.06. The third-order valence-corrected chi connectivity index (χ3v) is 5.22. The average molecular weight is 405 g/mol. The minimum Gasteiger partial charge on any atom is -0.491 e. The molecule has 2 aromatic carbocycles. The zero-order valence-corrected chi connectivity index (χ0v) is 18.0. The highest BCUT2D eigenvalue weighted by atomic mass is 16.5. The summed E-state index contributed by atoms with van der Waals surface area (Å²) >= 11 is 0. The third kappa shape index (κ3) is 4.89. The molecule has 0 radical (unpaired) electrons. The molecule has 1 aliphatic rings. The van der Waals surface area contributed by atoms with Gasteiger partial charge in [-0.15, -0.1) is 0 Å². The second-order valence-corrected chi connectivity index (χ2v) is 8.06. The molecule has 0 bridgehead atoms. The van der Waals surface area contributed by atoms with Crippen molar-refractivity contribution in [2.75, 3.05) is 33.2 Å². The SMILES string of the molecule is CC(C)Oc1ccc(-c2nn(-c3ccccc3)cc2/C=N\N2CC[NH+](C)CC2)cc1. The molecule has 0 aliphatic carbocycles. The lowest BCUT2D eigenvalue weighted by atomic mass is 10.1. The molecule has 30 heavy (non-hydrogen) atoms. The van der Waals surface area contributed by atoms with Gasteiger partial charge in [-0.3, -0.25) is 5.01 Å². The van der Waals surface area contributed by atoms with Gasteiger partial charge in [0.25, 0.3) is 0 Å². The smallest absolute Gasteiger partial charge is 0.119 e. The summed E-state index contributed by atoms with van der Waals surface area (Å²) in [5.41, 5.74) is 3.99. The maximum absolute atomic E-state index is 5.78. The van der Waals surface area contributed by atoms with E-state index in [0.29, 0.717) is 0 Å². The van der Waals surface area contributed by atoms with E-state index in [1.807, 2.05) is 61.3 Å². The molecule has 0 saturated carbocycles. The number of nitrogens with zero attached hydrogens (tertiary/aromatic N) is 4. The van der Waals surface area contributed by atoms with Gasteiger partial charge < -0.3 is 9.64 Å². The van der Waals surface area contributed by atoms with Crippen molar-refractivity contribution in [2.45, 2.75) is 20.0 Å². The van der Waals surface area contributed by atoms with Crippen molar-refractivity contribution in [3.63, 3.8) is 0 Å². The predicted octanol–water partition coefficient (Wildman–Crippen LogP) is 2.49. The Balaban J connectivity index is 1.64. The van der Waals surface area contributed by atoms with Crippen molar-refractivity contribution in [3.05, 3.63) is 66.4 Å². The Labute approximate surface area is 178 Å². The third-order valence-electron chi connectivity index (χ3n) is 5.22. The molecule has 1 N–H and O–H groups in total. The van der Waals surface area contributed by atoms with E-state index in [1.165, 1.54) is 0 Å². The molecule has 0 atom stereocenters. The van der Waals surface area contributed by atoms with Gasteiger partial charge in [0.15, 0.2) is 0 Å². The molecule has 156 valence electrons. The summed E-state index contributed by atoms with van der Waals surface area (Å²) in [6.45, 7) is 8.25. The standard InChI is InChI=1S/C24H29N5O/c1-19(2)30-23-11-9-20(10-12-23)24-21(17-25-28-15-13-27(3)14-16-28)18-29(26-24)22-7-5-4-6-8-22/h4-12,17-19H,13-16H2,1-3H3/p+1/b25-17-. The second kappa shape index (κ2) is 9.13. The van der Waals surface area contributed by atoms with Crippen LogP contribution in [-0.4, -0.2) is 60.3 Å². The summed E-state index contributed by atoms with van der Waals surface area (Å²) < 4.78 is 7.70. The van der Waals surface area contributed by atoms with E-state index in [9.17, 15) is 0 Å². The van der Waals surface area contributed by atoms with E-state index in [1.54, 1.807) is 4.90 Å². The molecule has 2 heterocycles. The van der Waals surface area contributed by atoms with Crippen molar-refractivity contribution >= 4 is 6.21 Å². The first-order valence-electron chi connectivity index (χ1n) is 10.6. The summed E-state index contributed by atoms with van der Waals surface area (Å²) in [4.78, 5) is 1.56. The van der Waals surface area contributed by atoms with Crippen LogP contribution in [0.15, 0.2) is 65.9 Å². The Morgan fingerprint density at radius 3 is 2.40 bits per heavy atom. The molecular formula is C24H30N5O+. The van der Waals surface area contributed by atoms with E-state index < -0.39 is 0 Å². The number of ether oxygens (including phenoxy) is 1. The number of hydrogen-bond acceptors (Lipinski definition) is 4. The summed E-state index contributed by atoms with van der Waals surface area (Å²) in [6.07, 6.45) is 4.15. The van der Waals surface area contributed by atoms with Crippen LogP contribution in [0.4, 0.5) is 0 Å². The van der Waals surface area contributed by atoms with Crippen LogP contribution in [0.5, 0.6) is 5.75 Å². The lowest BCUT2D eigenvalue weighted by molar-refractivity contribution is -0.884. The molecule has 1 saturated heterocycles. The number of piperazine rings is 1. The van der Waals surface area contributed by atoms with E-state index in [2.05, 4.69) is 36.3 Å². The Hall–Kier alpha value is -3.12. The number of aromatic nitrogens is 2. The van der Waals surface area contributed by atoms with Gasteiger partial charge in [0.1, 0.15) is 11.4 Å². The summed E-state index contributed by atoms with van der Waals surface area (Å²) in [7, 11) is 2.23. The quantitative estimate of drug-likeness (QED) is 0.642. The molecule has 0 unspecified atom stereocenters. The largest absolute Gasteiger partial charge is 0.491 e. The molecule has 6 heteroatoms. The molecule has 4 rings (SSSR count). The molecule has 0 amide bonds. The van der Waals surface area contributed by atoms with E-state index in [0.717, 1.165) is 54.4 Å². The first-order chi connectivity index (χ1) is 14.6. The Bertz CT molecular complexity index is 971. The van der Waals surface area contributed by atoms with Crippen molar-refractivity contribution in [2.24, 2.45) is 5.10 Å². The van der Waals surface area contributed by atoms with Crippen LogP contribution >= 0.6 is 0 Å². The van der Waals surface area contributed by atoms with Crippen LogP contribution in [0.2, 0.25) is 0 Å². The average Bonchev–Trinajstić information content (AvgIpc) is 3.18. The minimum absolute atomic E-state index is 0.154. The summed E-state index contributed by atoms with van der Waals surface area (Å²) in [5, 5.41) is 11.8. The Morgan fingerprint density at radius 1 is 1.03 bits per heavy atom. The first-order valence-corrected chi connectivity index (χ1v) is 10.6. The number of likely N-dealkylation sites (N-methyl/N-ethyl adjacent to an activating group) is 1. The van der Waals surface area contributed by atoms with Gasteiger partial charge in [0, 0.05) is 17.3 Å². The van der Waals surface area contributed by atoms with E-state index in [-0.39, 0.29) is 6.10 Å². The fourth-order valence-corrected chi connectivity index (χ4v) is 3.52. The molecule has 1 fully saturated rings. The zero-order chi connectivity index (χ0) is 20.9. The first kappa shape index (κ1) is 20.2. The van der Waals surface area contributed by atoms with Crippen LogP contribution in [0, 0.1) is 0 Å². The van der Waals surface area contributed by atoms with Crippen LogP contribution in [0.1, 0.15) is 19.4 Å². The number of benzene rings is 2. The van der Waals surface area contributed by atoms with Gasteiger partial charge in [0.05, 0.1) is 51.2 Å². The predicted molar refractivity (Wildman–Crippen MR) is 121 cm³/mol.